The number of imide groups is 1. The zero-order chi connectivity index (χ0) is 25.7. The predicted molar refractivity (Wildman–Crippen MR) is 129 cm³/mol. The fourth-order valence-corrected chi connectivity index (χ4v) is 7.03. The molecule has 7 nitrogen and oxygen atoms in total. The summed E-state index contributed by atoms with van der Waals surface area (Å²) in [4.78, 5) is 44.1. The van der Waals surface area contributed by atoms with Crippen LogP contribution in [0, 0.1) is 11.8 Å². The average molecular weight is 555 g/mol. The average Bonchev–Trinajstić information content (AvgIpc) is 3.50. The summed E-state index contributed by atoms with van der Waals surface area (Å²) in [5.74, 6) is -3.80. The van der Waals surface area contributed by atoms with Crippen molar-refractivity contribution in [3.63, 3.8) is 0 Å². The number of methoxy groups -OCH3 is 1. The number of carbonyl (C=O) groups excluding carboxylic acids is 3. The third-order valence-corrected chi connectivity index (χ3v) is 8.29. The number of benzene rings is 2. The fraction of sp³-hybridized carbons (Fsp3) is 0.292. The highest BCUT2D eigenvalue weighted by Gasteiger charge is 2.75. The highest BCUT2D eigenvalue weighted by atomic mass is 35.5. The third kappa shape index (κ3) is 2.91. The van der Waals surface area contributed by atoms with E-state index in [1.165, 1.54) is 42.3 Å². The fourth-order valence-electron chi connectivity index (χ4n) is 6.27. The van der Waals surface area contributed by atoms with Crippen molar-refractivity contribution in [3.05, 3.63) is 62.6 Å². The van der Waals surface area contributed by atoms with Gasteiger partial charge in [-0.25, -0.2) is 4.90 Å². The van der Waals surface area contributed by atoms with E-state index in [4.69, 9.17) is 39.5 Å². The van der Waals surface area contributed by atoms with Crippen LogP contribution in [0.2, 0.25) is 15.1 Å². The van der Waals surface area contributed by atoms with Gasteiger partial charge in [0.1, 0.15) is 11.3 Å². The van der Waals surface area contributed by atoms with Gasteiger partial charge >= 0.3 is 0 Å². The van der Waals surface area contributed by atoms with Gasteiger partial charge in [-0.05, 0) is 30.7 Å². The second kappa shape index (κ2) is 7.89. The lowest BCUT2D eigenvalue weighted by Gasteiger charge is -2.36. The van der Waals surface area contributed by atoms with Crippen LogP contribution in [0.4, 0.5) is 20.2 Å². The SMILES string of the molecule is COc1cc(Cl)cc(N2C(=O)C3C4CC(=C(F)F)CN4C4(C(=O)Nc5c(Cl)cc(Cl)cc54)C3C2=O)c1. The number of amides is 3. The zero-order valence-electron chi connectivity index (χ0n) is 18.5. The van der Waals surface area contributed by atoms with E-state index in [1.807, 2.05) is 0 Å². The molecule has 1 spiro atoms. The van der Waals surface area contributed by atoms with Gasteiger partial charge < -0.3 is 10.1 Å². The van der Waals surface area contributed by atoms with Crippen molar-refractivity contribution >= 4 is 63.9 Å². The Morgan fingerprint density at radius 3 is 2.47 bits per heavy atom. The molecule has 0 aromatic heterocycles. The Labute approximate surface area is 218 Å². The van der Waals surface area contributed by atoms with Crippen LogP contribution < -0.4 is 15.0 Å². The molecule has 0 saturated carbocycles. The third-order valence-electron chi connectivity index (χ3n) is 7.55. The molecule has 1 N–H and O–H groups in total. The number of anilines is 2. The molecule has 4 unspecified atom stereocenters. The molecule has 186 valence electrons. The van der Waals surface area contributed by atoms with Gasteiger partial charge in [0.25, 0.3) is 12.0 Å². The molecule has 3 fully saturated rings. The molecule has 4 heterocycles. The van der Waals surface area contributed by atoms with E-state index >= 15 is 0 Å². The van der Waals surface area contributed by atoms with Gasteiger partial charge in [-0.15, -0.1) is 0 Å². The first-order valence-corrected chi connectivity index (χ1v) is 12.1. The molecular weight excluding hydrogens is 539 g/mol. The second-order valence-corrected chi connectivity index (χ2v) is 10.4. The second-order valence-electron chi connectivity index (χ2n) is 9.16. The number of hydrogen-bond donors (Lipinski definition) is 1. The Bertz CT molecular complexity index is 1430. The number of rotatable bonds is 2. The van der Waals surface area contributed by atoms with Gasteiger partial charge in [-0.2, -0.15) is 8.78 Å². The molecular formula is C24H16Cl3F2N3O4. The molecule has 3 amide bonds. The quantitative estimate of drug-likeness (QED) is 0.537. The van der Waals surface area contributed by atoms with Crippen molar-refractivity contribution in [3.8, 4) is 5.75 Å². The Kier molecular flexibility index (Phi) is 5.18. The zero-order valence-corrected chi connectivity index (χ0v) is 20.7. The van der Waals surface area contributed by atoms with Gasteiger partial charge in [-0.1, -0.05) is 34.8 Å². The van der Waals surface area contributed by atoms with Crippen molar-refractivity contribution < 1.29 is 27.9 Å². The molecule has 2 aromatic rings. The molecule has 4 aliphatic rings. The Hall–Kier alpha value is -2.72. The monoisotopic (exact) mass is 553 g/mol. The number of ether oxygens (including phenoxy) is 1. The summed E-state index contributed by atoms with van der Waals surface area (Å²) in [6.07, 6.45) is -2.03. The van der Waals surface area contributed by atoms with Crippen LogP contribution in [0.5, 0.6) is 5.75 Å². The smallest absolute Gasteiger partial charge is 0.270 e. The summed E-state index contributed by atoms with van der Waals surface area (Å²) in [5, 5.41) is 3.29. The number of nitrogens with zero attached hydrogens (tertiary/aromatic N) is 2. The van der Waals surface area contributed by atoms with Crippen molar-refractivity contribution in [2.45, 2.75) is 18.0 Å². The minimum atomic E-state index is -1.87. The Morgan fingerprint density at radius 2 is 1.78 bits per heavy atom. The maximum absolute atomic E-state index is 14.0. The van der Waals surface area contributed by atoms with Gasteiger partial charge in [-0.3, -0.25) is 19.3 Å². The molecule has 0 bridgehead atoms. The number of fused-ring (bicyclic) bond motifs is 7. The molecule has 12 heteroatoms. The van der Waals surface area contributed by atoms with E-state index in [9.17, 15) is 23.2 Å². The standard InChI is InChI=1S/C24H16Cl3F2N3O4/c1-36-13-4-10(25)3-12(7-13)32-21(33)17-16-2-9(20(28)29)8-31(16)24(18(17)22(32)34)14-5-11(26)6-15(27)19(14)30-23(24)35/h3-7,16-18H,2,8H2,1H3,(H,30,35). The summed E-state index contributed by atoms with van der Waals surface area (Å²) in [5.41, 5.74) is -1.24. The summed E-state index contributed by atoms with van der Waals surface area (Å²) in [7, 11) is 1.41. The predicted octanol–water partition coefficient (Wildman–Crippen LogP) is 4.85. The first-order valence-electron chi connectivity index (χ1n) is 10.9. The maximum Gasteiger partial charge on any atom is 0.270 e. The van der Waals surface area contributed by atoms with E-state index < -0.39 is 47.2 Å². The number of hydrogen-bond acceptors (Lipinski definition) is 5. The van der Waals surface area contributed by atoms with Crippen molar-refractivity contribution in [1.82, 2.24) is 4.90 Å². The van der Waals surface area contributed by atoms with Crippen LogP contribution in [0.25, 0.3) is 0 Å². The lowest BCUT2D eigenvalue weighted by Crippen LogP contribution is -2.54. The van der Waals surface area contributed by atoms with E-state index in [0.29, 0.717) is 5.75 Å². The molecule has 36 heavy (non-hydrogen) atoms. The lowest BCUT2D eigenvalue weighted by molar-refractivity contribution is -0.135. The van der Waals surface area contributed by atoms with Crippen molar-refractivity contribution in [2.24, 2.45) is 11.8 Å². The summed E-state index contributed by atoms with van der Waals surface area (Å²) >= 11 is 18.8. The van der Waals surface area contributed by atoms with Crippen molar-refractivity contribution in [1.29, 1.82) is 0 Å². The van der Waals surface area contributed by atoms with E-state index in [1.54, 1.807) is 0 Å². The molecule has 0 radical (unpaired) electrons. The van der Waals surface area contributed by atoms with Crippen LogP contribution in [0.1, 0.15) is 12.0 Å². The van der Waals surface area contributed by atoms with Crippen molar-refractivity contribution in [2.75, 3.05) is 23.9 Å². The number of nitrogens with one attached hydrogen (secondary N) is 1. The normalized spacial score (nSPS) is 28.6. The Balaban J connectivity index is 1.59. The topological polar surface area (TPSA) is 79.0 Å². The van der Waals surface area contributed by atoms with Gasteiger partial charge in [0.05, 0.1) is 35.3 Å². The highest BCUT2D eigenvalue weighted by Crippen LogP contribution is 2.62. The van der Waals surface area contributed by atoms with Crippen LogP contribution >= 0.6 is 34.8 Å². The first-order chi connectivity index (χ1) is 17.1. The van der Waals surface area contributed by atoms with Crippen LogP contribution in [0.3, 0.4) is 0 Å². The molecule has 6 rings (SSSR count). The number of carbonyl (C=O) groups is 3. The van der Waals surface area contributed by atoms with E-state index in [2.05, 4.69) is 5.32 Å². The molecule has 4 aliphatic heterocycles. The lowest BCUT2D eigenvalue weighted by atomic mass is 9.75. The first kappa shape index (κ1) is 23.7. The molecule has 2 aromatic carbocycles. The van der Waals surface area contributed by atoms with Gasteiger partial charge in [0.15, 0.2) is 0 Å². The van der Waals surface area contributed by atoms with Gasteiger partial charge in [0.2, 0.25) is 11.8 Å². The van der Waals surface area contributed by atoms with Gasteiger partial charge in [0, 0.05) is 39.8 Å². The van der Waals surface area contributed by atoms with E-state index in [0.717, 1.165) is 4.90 Å². The summed E-state index contributed by atoms with van der Waals surface area (Å²) < 4.78 is 32.7. The molecule has 3 saturated heterocycles. The van der Waals surface area contributed by atoms with Crippen LogP contribution in [-0.2, 0) is 19.9 Å². The number of halogens is 5. The highest BCUT2D eigenvalue weighted by molar-refractivity contribution is 6.38. The molecule has 4 atom stereocenters. The van der Waals surface area contributed by atoms with Crippen LogP contribution in [-0.4, -0.2) is 42.3 Å². The summed E-state index contributed by atoms with van der Waals surface area (Å²) in [6, 6.07) is 6.55. The minimum absolute atomic E-state index is 0.141. The Morgan fingerprint density at radius 1 is 1.06 bits per heavy atom. The summed E-state index contributed by atoms with van der Waals surface area (Å²) in [6.45, 7) is -0.275. The molecule has 0 aliphatic carbocycles. The maximum atomic E-state index is 14.0. The van der Waals surface area contributed by atoms with Crippen LogP contribution in [0.15, 0.2) is 42.0 Å². The minimum Gasteiger partial charge on any atom is -0.497 e. The van der Waals surface area contributed by atoms with E-state index in [-0.39, 0.29) is 50.5 Å². The largest absolute Gasteiger partial charge is 0.497 e.